The van der Waals surface area contributed by atoms with Gasteiger partial charge in [-0.15, -0.1) is 0 Å². The fraction of sp³-hybridized carbons (Fsp3) is 0.125. The number of hydrogen-bond donors (Lipinski definition) is 1. The van der Waals surface area contributed by atoms with Crippen LogP contribution >= 0.6 is 15.9 Å². The van der Waals surface area contributed by atoms with Crippen molar-refractivity contribution in [2.24, 2.45) is 0 Å². The van der Waals surface area contributed by atoms with Crippen molar-refractivity contribution in [3.63, 3.8) is 0 Å². The lowest BCUT2D eigenvalue weighted by molar-refractivity contribution is 0.355. The first-order valence-electron chi connectivity index (χ1n) is 6.57. The van der Waals surface area contributed by atoms with Gasteiger partial charge in [0.05, 0.1) is 25.4 Å². The first-order valence-corrected chi connectivity index (χ1v) is 7.37. The molecule has 0 bridgehead atoms. The Morgan fingerprint density at radius 1 is 0.955 bits per heavy atom. The zero-order valence-electron chi connectivity index (χ0n) is 12.1. The maximum atomic E-state index is 5.84. The van der Waals surface area contributed by atoms with E-state index < -0.39 is 0 Å². The number of nitrogen functional groups attached to an aromatic ring is 1. The topological polar surface area (TPSA) is 70.3 Å². The maximum Gasteiger partial charge on any atom is 0.221 e. The number of benzene rings is 2. The van der Waals surface area contributed by atoms with Crippen LogP contribution in [0.4, 0.5) is 5.95 Å². The average molecular weight is 360 g/mol. The summed E-state index contributed by atoms with van der Waals surface area (Å²) in [5.74, 6) is 1.54. The van der Waals surface area contributed by atoms with Crippen molar-refractivity contribution in [3.05, 3.63) is 40.9 Å². The lowest BCUT2D eigenvalue weighted by Gasteiger charge is -2.11. The molecular formula is C16H14BrN3O2. The first-order chi connectivity index (χ1) is 10.6. The minimum Gasteiger partial charge on any atom is -0.493 e. The first kappa shape index (κ1) is 14.6. The van der Waals surface area contributed by atoms with E-state index in [0.717, 1.165) is 26.6 Å². The number of halogens is 1. The van der Waals surface area contributed by atoms with Crippen LogP contribution in [-0.4, -0.2) is 24.2 Å². The number of rotatable bonds is 3. The van der Waals surface area contributed by atoms with Gasteiger partial charge in [0.2, 0.25) is 5.95 Å². The number of aromatic nitrogens is 2. The molecule has 0 aliphatic carbocycles. The van der Waals surface area contributed by atoms with Crippen LogP contribution in [0.15, 0.2) is 40.9 Å². The molecule has 112 valence electrons. The predicted octanol–water partition coefficient (Wildman–Crippen LogP) is 3.66. The molecule has 3 aromatic rings. The lowest BCUT2D eigenvalue weighted by atomic mass is 10.1. The molecule has 1 heterocycles. The van der Waals surface area contributed by atoms with Gasteiger partial charge in [0.15, 0.2) is 11.5 Å². The van der Waals surface area contributed by atoms with Gasteiger partial charge in [-0.1, -0.05) is 15.9 Å². The zero-order chi connectivity index (χ0) is 15.7. The van der Waals surface area contributed by atoms with Gasteiger partial charge in [-0.3, -0.25) is 0 Å². The van der Waals surface area contributed by atoms with Crippen LogP contribution in [0.3, 0.4) is 0 Å². The van der Waals surface area contributed by atoms with E-state index >= 15 is 0 Å². The summed E-state index contributed by atoms with van der Waals surface area (Å²) >= 11 is 3.48. The molecule has 2 N–H and O–H groups in total. The number of nitrogens with two attached hydrogens (primary N) is 1. The highest BCUT2D eigenvalue weighted by Gasteiger charge is 2.12. The Morgan fingerprint density at radius 3 is 2.45 bits per heavy atom. The summed E-state index contributed by atoms with van der Waals surface area (Å²) in [6, 6.07) is 11.4. The SMILES string of the molecule is COc1ccc(-c2nc(N)nc3ccc(Br)cc23)cc1OC. The van der Waals surface area contributed by atoms with Gasteiger partial charge < -0.3 is 15.2 Å². The molecule has 2 aromatic carbocycles. The lowest BCUT2D eigenvalue weighted by Crippen LogP contribution is -1.98. The number of methoxy groups -OCH3 is 2. The van der Waals surface area contributed by atoms with Gasteiger partial charge in [0, 0.05) is 15.4 Å². The molecule has 3 rings (SSSR count). The molecule has 1 aromatic heterocycles. The molecule has 5 nitrogen and oxygen atoms in total. The quantitative estimate of drug-likeness (QED) is 0.772. The number of fused-ring (bicyclic) bond motifs is 1. The van der Waals surface area contributed by atoms with E-state index in [2.05, 4.69) is 25.9 Å². The molecule has 0 fully saturated rings. The maximum absolute atomic E-state index is 5.84. The Hall–Kier alpha value is -2.34. The third-order valence-electron chi connectivity index (χ3n) is 3.33. The monoisotopic (exact) mass is 359 g/mol. The standard InChI is InChI=1S/C16H14BrN3O2/c1-21-13-6-3-9(7-14(13)22-2)15-11-8-10(17)4-5-12(11)19-16(18)20-15/h3-8H,1-2H3,(H2,18,19,20). The van der Waals surface area contributed by atoms with Crippen LogP contribution in [0.5, 0.6) is 11.5 Å². The van der Waals surface area contributed by atoms with Crippen LogP contribution in [0.1, 0.15) is 0 Å². The predicted molar refractivity (Wildman–Crippen MR) is 90.2 cm³/mol. The molecule has 0 spiro atoms. The number of ether oxygens (including phenoxy) is 2. The molecule has 0 unspecified atom stereocenters. The van der Waals surface area contributed by atoms with Gasteiger partial charge in [-0.25, -0.2) is 9.97 Å². The summed E-state index contributed by atoms with van der Waals surface area (Å²) in [6.45, 7) is 0. The van der Waals surface area contributed by atoms with Crippen molar-refractivity contribution in [3.8, 4) is 22.8 Å². The van der Waals surface area contributed by atoms with Gasteiger partial charge in [-0.2, -0.15) is 0 Å². The Kier molecular flexibility index (Phi) is 3.85. The summed E-state index contributed by atoms with van der Waals surface area (Å²) in [5.41, 5.74) is 8.27. The average Bonchev–Trinajstić information content (AvgIpc) is 2.53. The van der Waals surface area contributed by atoms with Crippen LogP contribution < -0.4 is 15.2 Å². The fourth-order valence-electron chi connectivity index (χ4n) is 2.32. The third kappa shape index (κ3) is 2.57. The molecular weight excluding hydrogens is 346 g/mol. The number of nitrogens with zero attached hydrogens (tertiary/aromatic N) is 2. The molecule has 0 atom stereocenters. The molecule has 0 aliphatic rings. The van der Waals surface area contributed by atoms with Crippen molar-refractivity contribution >= 4 is 32.8 Å². The van der Waals surface area contributed by atoms with E-state index in [1.165, 1.54) is 0 Å². The van der Waals surface area contributed by atoms with Crippen LogP contribution in [0, 0.1) is 0 Å². The second kappa shape index (κ2) is 5.81. The second-order valence-electron chi connectivity index (χ2n) is 4.66. The normalized spacial score (nSPS) is 10.7. The molecule has 0 radical (unpaired) electrons. The summed E-state index contributed by atoms with van der Waals surface area (Å²) in [7, 11) is 3.21. The second-order valence-corrected chi connectivity index (χ2v) is 5.58. The molecule has 0 aliphatic heterocycles. The van der Waals surface area contributed by atoms with Crippen molar-refractivity contribution < 1.29 is 9.47 Å². The highest BCUT2D eigenvalue weighted by atomic mass is 79.9. The van der Waals surface area contributed by atoms with Gasteiger partial charge in [0.1, 0.15) is 0 Å². The Labute approximate surface area is 136 Å². The van der Waals surface area contributed by atoms with E-state index in [-0.39, 0.29) is 5.95 Å². The van der Waals surface area contributed by atoms with Gasteiger partial charge in [0.25, 0.3) is 0 Å². The van der Waals surface area contributed by atoms with E-state index in [9.17, 15) is 0 Å². The third-order valence-corrected chi connectivity index (χ3v) is 3.83. The minimum absolute atomic E-state index is 0.236. The van der Waals surface area contributed by atoms with Crippen LogP contribution in [-0.2, 0) is 0 Å². The smallest absolute Gasteiger partial charge is 0.221 e. The van der Waals surface area contributed by atoms with Gasteiger partial charge in [-0.05, 0) is 36.4 Å². The molecule has 0 saturated carbocycles. The number of anilines is 1. The van der Waals surface area contributed by atoms with Crippen molar-refractivity contribution in [2.45, 2.75) is 0 Å². The Balaban J connectivity index is 2.27. The highest BCUT2D eigenvalue weighted by molar-refractivity contribution is 9.10. The largest absolute Gasteiger partial charge is 0.493 e. The summed E-state index contributed by atoms with van der Waals surface area (Å²) < 4.78 is 11.6. The van der Waals surface area contributed by atoms with Crippen LogP contribution in [0.25, 0.3) is 22.2 Å². The van der Waals surface area contributed by atoms with E-state index in [0.29, 0.717) is 11.5 Å². The van der Waals surface area contributed by atoms with E-state index in [1.54, 1.807) is 14.2 Å². The summed E-state index contributed by atoms with van der Waals surface area (Å²) in [4.78, 5) is 8.66. The highest BCUT2D eigenvalue weighted by Crippen LogP contribution is 2.35. The van der Waals surface area contributed by atoms with Crippen LogP contribution in [0.2, 0.25) is 0 Å². The number of hydrogen-bond acceptors (Lipinski definition) is 5. The van der Waals surface area contributed by atoms with E-state index in [1.807, 2.05) is 36.4 Å². The van der Waals surface area contributed by atoms with E-state index in [4.69, 9.17) is 15.2 Å². The van der Waals surface area contributed by atoms with Crippen molar-refractivity contribution in [2.75, 3.05) is 20.0 Å². The van der Waals surface area contributed by atoms with Crippen molar-refractivity contribution in [1.82, 2.24) is 9.97 Å². The zero-order valence-corrected chi connectivity index (χ0v) is 13.7. The summed E-state index contributed by atoms with van der Waals surface area (Å²) in [5, 5.41) is 0.913. The van der Waals surface area contributed by atoms with Gasteiger partial charge >= 0.3 is 0 Å². The molecule has 0 saturated heterocycles. The summed E-state index contributed by atoms with van der Waals surface area (Å²) in [6.07, 6.45) is 0. The Morgan fingerprint density at radius 2 is 1.73 bits per heavy atom. The molecule has 6 heteroatoms. The minimum atomic E-state index is 0.236. The molecule has 0 amide bonds. The van der Waals surface area contributed by atoms with Crippen molar-refractivity contribution in [1.29, 1.82) is 0 Å². The fourth-order valence-corrected chi connectivity index (χ4v) is 2.68. The molecule has 22 heavy (non-hydrogen) atoms. The Bertz CT molecular complexity index is 852.